The van der Waals surface area contributed by atoms with E-state index in [9.17, 15) is 9.18 Å². The minimum absolute atomic E-state index is 0.261. The molecular weight excluding hydrogens is 377 g/mol. The van der Waals surface area contributed by atoms with Crippen LogP contribution in [-0.2, 0) is 6.42 Å². The first kappa shape index (κ1) is 18.2. The van der Waals surface area contributed by atoms with Crippen LogP contribution >= 0.6 is 11.6 Å². The molecule has 0 aliphatic heterocycles. The zero-order chi connectivity index (χ0) is 19.5. The molecule has 1 amide bonds. The standard InChI is InChI=1S/C22H17ClFN3O/c23-17-8-4-15(5-9-17)12-13-25-22(28)21-26-20(16-6-10-18(24)11-7-16)19-3-1-2-14-27(19)21/h1-11,14H,12-13H2,(H,25,28). The number of carbonyl (C=O) groups excluding carboxylic acids is 1. The Hall–Kier alpha value is -3.18. The van der Waals surface area contributed by atoms with E-state index in [0.29, 0.717) is 29.5 Å². The van der Waals surface area contributed by atoms with Crippen molar-refractivity contribution in [2.75, 3.05) is 6.54 Å². The van der Waals surface area contributed by atoms with Gasteiger partial charge in [-0.1, -0.05) is 29.8 Å². The SMILES string of the molecule is O=C(NCCc1ccc(Cl)cc1)c1nc(-c2ccc(F)cc2)c2ccccn12. The molecule has 2 heterocycles. The average molecular weight is 394 g/mol. The Bertz CT molecular complexity index is 1120. The van der Waals surface area contributed by atoms with Gasteiger partial charge in [0.2, 0.25) is 5.82 Å². The lowest BCUT2D eigenvalue weighted by molar-refractivity contribution is 0.0943. The van der Waals surface area contributed by atoms with Crippen molar-refractivity contribution in [3.63, 3.8) is 0 Å². The first-order valence-corrected chi connectivity index (χ1v) is 9.25. The molecule has 0 radical (unpaired) electrons. The van der Waals surface area contributed by atoms with Gasteiger partial charge in [-0.2, -0.15) is 0 Å². The predicted octanol–water partition coefficient (Wildman–Crippen LogP) is 4.77. The smallest absolute Gasteiger partial charge is 0.287 e. The number of halogens is 2. The topological polar surface area (TPSA) is 46.4 Å². The van der Waals surface area contributed by atoms with Gasteiger partial charge in [0, 0.05) is 23.3 Å². The number of amides is 1. The summed E-state index contributed by atoms with van der Waals surface area (Å²) in [5.41, 5.74) is 3.27. The highest BCUT2D eigenvalue weighted by molar-refractivity contribution is 6.30. The summed E-state index contributed by atoms with van der Waals surface area (Å²) in [5.74, 6) is -0.276. The number of benzene rings is 2. The minimum atomic E-state index is -0.313. The number of nitrogens with one attached hydrogen (secondary N) is 1. The van der Waals surface area contributed by atoms with Gasteiger partial charge in [0.25, 0.3) is 5.91 Å². The van der Waals surface area contributed by atoms with Crippen LogP contribution in [0.2, 0.25) is 5.02 Å². The van der Waals surface area contributed by atoms with E-state index in [0.717, 1.165) is 16.6 Å². The summed E-state index contributed by atoms with van der Waals surface area (Å²) in [6.45, 7) is 0.480. The molecule has 0 aliphatic rings. The number of fused-ring (bicyclic) bond motifs is 1. The lowest BCUT2D eigenvalue weighted by Gasteiger charge is -2.05. The Labute approximate surface area is 166 Å². The third-order valence-electron chi connectivity index (χ3n) is 4.48. The molecule has 0 aliphatic carbocycles. The van der Waals surface area contributed by atoms with Gasteiger partial charge in [0.1, 0.15) is 5.82 Å². The largest absolute Gasteiger partial charge is 0.349 e. The number of carbonyl (C=O) groups is 1. The van der Waals surface area contributed by atoms with E-state index in [-0.39, 0.29) is 11.7 Å². The molecule has 0 saturated carbocycles. The van der Waals surface area contributed by atoms with Crippen LogP contribution < -0.4 is 5.32 Å². The van der Waals surface area contributed by atoms with Crippen LogP contribution in [0.1, 0.15) is 16.2 Å². The van der Waals surface area contributed by atoms with E-state index >= 15 is 0 Å². The summed E-state index contributed by atoms with van der Waals surface area (Å²) < 4.78 is 15.0. The fraction of sp³-hybridized carbons (Fsp3) is 0.0909. The molecule has 2 aromatic heterocycles. The number of rotatable bonds is 5. The molecule has 4 nitrogen and oxygen atoms in total. The molecule has 0 unspecified atom stereocenters. The molecule has 2 aromatic carbocycles. The maximum atomic E-state index is 13.3. The van der Waals surface area contributed by atoms with E-state index in [1.807, 2.05) is 42.5 Å². The van der Waals surface area contributed by atoms with E-state index in [4.69, 9.17) is 11.6 Å². The third kappa shape index (κ3) is 3.75. The van der Waals surface area contributed by atoms with E-state index in [2.05, 4.69) is 10.3 Å². The highest BCUT2D eigenvalue weighted by Crippen LogP contribution is 2.25. The summed E-state index contributed by atoms with van der Waals surface area (Å²) >= 11 is 5.89. The number of pyridine rings is 1. The highest BCUT2D eigenvalue weighted by atomic mass is 35.5. The molecule has 140 valence electrons. The van der Waals surface area contributed by atoms with Crippen molar-refractivity contribution in [3.8, 4) is 11.3 Å². The normalized spacial score (nSPS) is 10.9. The van der Waals surface area contributed by atoms with Gasteiger partial charge < -0.3 is 5.32 Å². The fourth-order valence-electron chi connectivity index (χ4n) is 3.07. The Kier molecular flexibility index (Phi) is 5.08. The van der Waals surface area contributed by atoms with Crippen LogP contribution in [0, 0.1) is 5.82 Å². The molecule has 1 N–H and O–H groups in total. The Morgan fingerprint density at radius 1 is 1.04 bits per heavy atom. The zero-order valence-electron chi connectivity index (χ0n) is 14.9. The minimum Gasteiger partial charge on any atom is -0.349 e. The second-order valence-electron chi connectivity index (χ2n) is 6.38. The number of aromatic nitrogens is 2. The number of hydrogen-bond donors (Lipinski definition) is 1. The Morgan fingerprint density at radius 3 is 2.54 bits per heavy atom. The summed E-state index contributed by atoms with van der Waals surface area (Å²) in [6, 6.07) is 19.2. The van der Waals surface area contributed by atoms with Crippen molar-refractivity contribution < 1.29 is 9.18 Å². The first-order chi connectivity index (χ1) is 13.6. The number of hydrogen-bond acceptors (Lipinski definition) is 2. The van der Waals surface area contributed by atoms with Gasteiger partial charge in [0.05, 0.1) is 11.2 Å². The van der Waals surface area contributed by atoms with Crippen molar-refractivity contribution in [2.24, 2.45) is 0 Å². The van der Waals surface area contributed by atoms with Gasteiger partial charge in [-0.25, -0.2) is 9.37 Å². The highest BCUT2D eigenvalue weighted by Gasteiger charge is 2.17. The Balaban J connectivity index is 1.57. The van der Waals surface area contributed by atoms with Gasteiger partial charge in [-0.05, 0) is 60.5 Å². The molecule has 4 aromatic rings. The van der Waals surface area contributed by atoms with Crippen LogP contribution in [0.25, 0.3) is 16.8 Å². The molecule has 28 heavy (non-hydrogen) atoms. The second kappa shape index (κ2) is 7.82. The molecular formula is C22H17ClFN3O. The van der Waals surface area contributed by atoms with Crippen molar-refractivity contribution in [1.29, 1.82) is 0 Å². The van der Waals surface area contributed by atoms with Gasteiger partial charge in [-0.15, -0.1) is 0 Å². The quantitative estimate of drug-likeness (QED) is 0.531. The van der Waals surface area contributed by atoms with E-state index in [1.54, 1.807) is 22.7 Å². The molecule has 0 saturated heterocycles. The fourth-order valence-corrected chi connectivity index (χ4v) is 3.19. The molecule has 6 heteroatoms. The molecule has 0 bridgehead atoms. The summed E-state index contributed by atoms with van der Waals surface area (Å²) in [7, 11) is 0. The van der Waals surface area contributed by atoms with Gasteiger partial charge in [0.15, 0.2) is 0 Å². The summed E-state index contributed by atoms with van der Waals surface area (Å²) in [4.78, 5) is 17.3. The van der Waals surface area contributed by atoms with Crippen molar-refractivity contribution in [3.05, 3.63) is 95.2 Å². The van der Waals surface area contributed by atoms with Gasteiger partial charge in [-0.3, -0.25) is 9.20 Å². The summed E-state index contributed by atoms with van der Waals surface area (Å²) in [6.07, 6.45) is 2.49. The van der Waals surface area contributed by atoms with E-state index < -0.39 is 0 Å². The lowest BCUT2D eigenvalue weighted by Crippen LogP contribution is -2.27. The predicted molar refractivity (Wildman–Crippen MR) is 108 cm³/mol. The molecule has 0 spiro atoms. The maximum absolute atomic E-state index is 13.3. The molecule has 4 rings (SSSR count). The van der Waals surface area contributed by atoms with Crippen LogP contribution in [0.3, 0.4) is 0 Å². The van der Waals surface area contributed by atoms with Crippen molar-refractivity contribution >= 4 is 23.0 Å². The monoisotopic (exact) mass is 393 g/mol. The van der Waals surface area contributed by atoms with Gasteiger partial charge >= 0.3 is 0 Å². The maximum Gasteiger partial charge on any atom is 0.287 e. The zero-order valence-corrected chi connectivity index (χ0v) is 15.7. The Morgan fingerprint density at radius 2 is 1.79 bits per heavy atom. The first-order valence-electron chi connectivity index (χ1n) is 8.87. The number of imidazole rings is 1. The van der Waals surface area contributed by atoms with Crippen molar-refractivity contribution in [1.82, 2.24) is 14.7 Å². The van der Waals surface area contributed by atoms with Crippen molar-refractivity contribution in [2.45, 2.75) is 6.42 Å². The van der Waals surface area contributed by atoms with E-state index in [1.165, 1.54) is 12.1 Å². The van der Waals surface area contributed by atoms with Crippen LogP contribution in [0.15, 0.2) is 72.9 Å². The van der Waals surface area contributed by atoms with Crippen LogP contribution in [0.5, 0.6) is 0 Å². The average Bonchev–Trinajstić information content (AvgIpc) is 3.10. The molecule has 0 atom stereocenters. The lowest BCUT2D eigenvalue weighted by atomic mass is 10.1. The van der Waals surface area contributed by atoms with Crippen LogP contribution in [-0.4, -0.2) is 21.8 Å². The molecule has 0 fully saturated rings. The van der Waals surface area contributed by atoms with Crippen LogP contribution in [0.4, 0.5) is 4.39 Å². The summed E-state index contributed by atoms with van der Waals surface area (Å²) in [5, 5.41) is 3.60. The third-order valence-corrected chi connectivity index (χ3v) is 4.73. The number of nitrogens with zero attached hydrogens (tertiary/aromatic N) is 2. The second-order valence-corrected chi connectivity index (χ2v) is 6.82.